The van der Waals surface area contributed by atoms with Crippen LogP contribution >= 0.6 is 11.6 Å². The lowest BCUT2D eigenvalue weighted by atomic mass is 10.2. The van der Waals surface area contributed by atoms with Crippen molar-refractivity contribution < 1.29 is 22.0 Å². The van der Waals surface area contributed by atoms with Gasteiger partial charge >= 0.3 is 0 Å². The van der Waals surface area contributed by atoms with E-state index in [1.54, 1.807) is 19.1 Å². The number of hydrogen-bond acceptors (Lipinski definition) is 4. The zero-order valence-corrected chi connectivity index (χ0v) is 17.9. The average molecular weight is 458 g/mol. The molecular weight excluding hydrogens is 436 g/mol. The molecule has 1 N–H and O–H groups in total. The molecule has 1 atom stereocenters. The molecular formula is C20H22ClF2N3O3S. The number of piperazine rings is 1. The molecule has 0 saturated carbocycles. The van der Waals surface area contributed by atoms with Crippen molar-refractivity contribution in [3.8, 4) is 0 Å². The van der Waals surface area contributed by atoms with E-state index >= 15 is 0 Å². The molecule has 162 valence electrons. The van der Waals surface area contributed by atoms with E-state index in [0.717, 1.165) is 28.1 Å². The third kappa shape index (κ3) is 4.80. The number of sulfonamides is 1. The van der Waals surface area contributed by atoms with E-state index in [2.05, 4.69) is 5.32 Å². The van der Waals surface area contributed by atoms with Crippen LogP contribution in [0, 0.1) is 11.6 Å². The second-order valence-electron chi connectivity index (χ2n) is 6.98. The van der Waals surface area contributed by atoms with Crippen LogP contribution in [0.5, 0.6) is 0 Å². The van der Waals surface area contributed by atoms with Gasteiger partial charge in [0.25, 0.3) is 0 Å². The minimum atomic E-state index is -4.30. The van der Waals surface area contributed by atoms with Gasteiger partial charge in [0.1, 0.15) is 11.6 Å². The van der Waals surface area contributed by atoms with E-state index in [0.29, 0.717) is 5.02 Å². The fourth-order valence-corrected chi connectivity index (χ4v) is 5.06. The highest BCUT2D eigenvalue weighted by atomic mass is 35.5. The Morgan fingerprint density at radius 3 is 2.27 bits per heavy atom. The molecule has 3 rings (SSSR count). The molecule has 30 heavy (non-hydrogen) atoms. The summed E-state index contributed by atoms with van der Waals surface area (Å²) in [6.07, 6.45) is 0. The van der Waals surface area contributed by atoms with Gasteiger partial charge < -0.3 is 5.32 Å². The molecule has 1 saturated heterocycles. The second-order valence-corrected chi connectivity index (χ2v) is 9.26. The standard InChI is InChI=1S/C20H22ClF2N3O3S/c1-14(20(27)24-13-15-5-2-3-6-16(15)21)25-9-11-26(12-10-25)30(28,29)19-17(22)7-4-8-18(19)23/h2-8,14H,9-13H2,1H3,(H,24,27). The number of halogens is 3. The van der Waals surface area contributed by atoms with Crippen LogP contribution in [0.15, 0.2) is 47.4 Å². The molecule has 0 bridgehead atoms. The van der Waals surface area contributed by atoms with Gasteiger partial charge in [0.05, 0.1) is 6.04 Å². The molecule has 2 aromatic carbocycles. The van der Waals surface area contributed by atoms with Crippen molar-refractivity contribution in [2.75, 3.05) is 26.2 Å². The predicted octanol–water partition coefficient (Wildman–Crippen LogP) is 2.63. The van der Waals surface area contributed by atoms with Crippen LogP contribution in [0.1, 0.15) is 12.5 Å². The van der Waals surface area contributed by atoms with Gasteiger partial charge in [0.15, 0.2) is 4.90 Å². The first kappa shape index (κ1) is 22.6. The van der Waals surface area contributed by atoms with E-state index in [1.807, 2.05) is 17.0 Å². The summed E-state index contributed by atoms with van der Waals surface area (Å²) >= 11 is 6.09. The van der Waals surface area contributed by atoms with E-state index in [4.69, 9.17) is 11.6 Å². The van der Waals surface area contributed by atoms with Crippen LogP contribution in [0.25, 0.3) is 0 Å². The van der Waals surface area contributed by atoms with E-state index < -0.39 is 32.6 Å². The SMILES string of the molecule is CC(C(=O)NCc1ccccc1Cl)N1CCN(S(=O)(=O)c2c(F)cccc2F)CC1. The average Bonchev–Trinajstić information content (AvgIpc) is 2.72. The molecule has 1 fully saturated rings. The summed E-state index contributed by atoms with van der Waals surface area (Å²) in [7, 11) is -4.30. The highest BCUT2D eigenvalue weighted by Gasteiger charge is 2.34. The van der Waals surface area contributed by atoms with Gasteiger partial charge in [-0.15, -0.1) is 0 Å². The van der Waals surface area contributed by atoms with Gasteiger partial charge in [0, 0.05) is 37.7 Å². The Hall–Kier alpha value is -2.07. The molecule has 1 aliphatic rings. The van der Waals surface area contributed by atoms with E-state index in [9.17, 15) is 22.0 Å². The number of carbonyl (C=O) groups excluding carboxylic acids is 1. The fraction of sp³-hybridized carbons (Fsp3) is 0.350. The lowest BCUT2D eigenvalue weighted by Gasteiger charge is -2.36. The zero-order valence-electron chi connectivity index (χ0n) is 16.3. The minimum absolute atomic E-state index is 0.0260. The molecule has 10 heteroatoms. The van der Waals surface area contributed by atoms with Crippen molar-refractivity contribution in [1.82, 2.24) is 14.5 Å². The summed E-state index contributed by atoms with van der Waals surface area (Å²) in [5.74, 6) is -2.46. The van der Waals surface area contributed by atoms with Gasteiger partial charge in [0.2, 0.25) is 15.9 Å². The Labute approximate surface area is 179 Å². The summed E-state index contributed by atoms with van der Waals surface area (Å²) < 4.78 is 54.3. The summed E-state index contributed by atoms with van der Waals surface area (Å²) in [5, 5.41) is 3.38. The third-order valence-corrected chi connectivity index (χ3v) is 7.45. The van der Waals surface area contributed by atoms with Crippen molar-refractivity contribution in [1.29, 1.82) is 0 Å². The Morgan fingerprint density at radius 2 is 1.67 bits per heavy atom. The molecule has 0 aliphatic carbocycles. The van der Waals surface area contributed by atoms with Gasteiger partial charge in [-0.05, 0) is 30.7 Å². The second kappa shape index (κ2) is 9.38. The number of rotatable bonds is 6. The number of hydrogen-bond donors (Lipinski definition) is 1. The van der Waals surface area contributed by atoms with Crippen molar-refractivity contribution in [2.45, 2.75) is 24.4 Å². The Balaban J connectivity index is 1.59. The van der Waals surface area contributed by atoms with E-state index in [1.165, 1.54) is 0 Å². The van der Waals surface area contributed by atoms with Crippen LogP contribution in [-0.4, -0.2) is 55.8 Å². The predicted molar refractivity (Wildman–Crippen MR) is 109 cm³/mol. The van der Waals surface area contributed by atoms with Crippen LogP contribution in [0.4, 0.5) is 8.78 Å². The molecule has 0 spiro atoms. The molecule has 1 aliphatic heterocycles. The van der Waals surface area contributed by atoms with Crippen LogP contribution < -0.4 is 5.32 Å². The smallest absolute Gasteiger partial charge is 0.249 e. The molecule has 1 unspecified atom stereocenters. The number of nitrogens with one attached hydrogen (secondary N) is 1. The first-order chi connectivity index (χ1) is 14.2. The lowest BCUT2D eigenvalue weighted by Crippen LogP contribution is -2.54. The van der Waals surface area contributed by atoms with E-state index in [-0.39, 0.29) is 38.6 Å². The number of amides is 1. The maximum Gasteiger partial charge on any atom is 0.249 e. The quantitative estimate of drug-likeness (QED) is 0.724. The number of carbonyl (C=O) groups is 1. The van der Waals surface area contributed by atoms with Gasteiger partial charge in [-0.1, -0.05) is 35.9 Å². The largest absolute Gasteiger partial charge is 0.351 e. The molecule has 1 amide bonds. The minimum Gasteiger partial charge on any atom is -0.351 e. The molecule has 0 radical (unpaired) electrons. The van der Waals surface area contributed by atoms with Gasteiger partial charge in [-0.25, -0.2) is 17.2 Å². The van der Waals surface area contributed by atoms with Crippen molar-refractivity contribution in [2.24, 2.45) is 0 Å². The third-order valence-electron chi connectivity index (χ3n) is 5.13. The summed E-state index contributed by atoms with van der Waals surface area (Å²) in [6, 6.07) is 9.64. The first-order valence-corrected chi connectivity index (χ1v) is 11.2. The highest BCUT2D eigenvalue weighted by Crippen LogP contribution is 2.24. The molecule has 0 aromatic heterocycles. The van der Waals surface area contributed by atoms with Crippen LogP contribution in [0.2, 0.25) is 5.02 Å². The van der Waals surface area contributed by atoms with Crippen LogP contribution in [0.3, 0.4) is 0 Å². The monoisotopic (exact) mass is 457 g/mol. The topological polar surface area (TPSA) is 69.7 Å². The fourth-order valence-electron chi connectivity index (χ4n) is 3.33. The van der Waals surface area contributed by atoms with Gasteiger partial charge in [-0.3, -0.25) is 9.69 Å². The summed E-state index contributed by atoms with van der Waals surface area (Å²) in [4.78, 5) is 13.4. The van der Waals surface area contributed by atoms with Crippen molar-refractivity contribution in [3.05, 3.63) is 64.7 Å². The summed E-state index contributed by atoms with van der Waals surface area (Å²) in [5.41, 5.74) is 0.794. The van der Waals surface area contributed by atoms with Crippen molar-refractivity contribution in [3.63, 3.8) is 0 Å². The lowest BCUT2D eigenvalue weighted by molar-refractivity contribution is -0.126. The Bertz CT molecular complexity index is 1010. The van der Waals surface area contributed by atoms with Crippen LogP contribution in [-0.2, 0) is 21.4 Å². The Morgan fingerprint density at radius 1 is 1.07 bits per heavy atom. The molecule has 2 aromatic rings. The van der Waals surface area contributed by atoms with Crippen molar-refractivity contribution >= 4 is 27.5 Å². The number of nitrogens with zero attached hydrogens (tertiary/aromatic N) is 2. The summed E-state index contributed by atoms with van der Waals surface area (Å²) in [6.45, 7) is 2.58. The first-order valence-electron chi connectivity index (χ1n) is 9.41. The molecule has 1 heterocycles. The maximum atomic E-state index is 13.9. The van der Waals surface area contributed by atoms with Gasteiger partial charge in [-0.2, -0.15) is 4.31 Å². The maximum absolute atomic E-state index is 13.9. The Kier molecular flexibility index (Phi) is 7.07. The zero-order chi connectivity index (χ0) is 21.9. The number of benzene rings is 2. The normalized spacial score (nSPS) is 16.9. The molecule has 6 nitrogen and oxygen atoms in total. The highest BCUT2D eigenvalue weighted by molar-refractivity contribution is 7.89.